The molecule has 1 unspecified atom stereocenters. The van der Waals surface area contributed by atoms with E-state index in [9.17, 15) is 21.6 Å². The van der Waals surface area contributed by atoms with E-state index < -0.39 is 21.7 Å². The molecule has 1 saturated heterocycles. The van der Waals surface area contributed by atoms with Crippen LogP contribution in [0.15, 0.2) is 47.5 Å². The summed E-state index contributed by atoms with van der Waals surface area (Å²) in [6, 6.07) is 10.0. The Bertz CT molecular complexity index is 1110. The summed E-state index contributed by atoms with van der Waals surface area (Å²) in [5, 5.41) is 0.407. The van der Waals surface area contributed by atoms with Crippen LogP contribution in [-0.2, 0) is 16.0 Å². The summed E-state index contributed by atoms with van der Waals surface area (Å²) >= 11 is 1.35. The lowest BCUT2D eigenvalue weighted by Gasteiger charge is -2.10. The van der Waals surface area contributed by atoms with Crippen molar-refractivity contribution < 1.29 is 21.6 Å². The van der Waals surface area contributed by atoms with Crippen molar-refractivity contribution in [2.24, 2.45) is 0 Å². The number of aromatic nitrogens is 2. The van der Waals surface area contributed by atoms with E-state index in [0.29, 0.717) is 17.4 Å². The Labute approximate surface area is 163 Å². The summed E-state index contributed by atoms with van der Waals surface area (Å²) in [6.45, 7) is 0. The standard InChI is InChI=1S/C18H16F3N3O2S2/c19-18(20,21)16-9-15-14(5-7-22-17(15)23-16)11-1-3-13(4-2-11)27-24-12-6-8-28(25,26)10-12/h1-5,7,9,12,24H,6,8,10H2,(H,22,23). The summed E-state index contributed by atoms with van der Waals surface area (Å²) in [7, 11) is -2.94. The fourth-order valence-corrected chi connectivity index (χ4v) is 5.73. The van der Waals surface area contributed by atoms with Crippen LogP contribution in [0.5, 0.6) is 0 Å². The van der Waals surface area contributed by atoms with Crippen LogP contribution in [0.4, 0.5) is 13.2 Å². The highest BCUT2D eigenvalue weighted by Crippen LogP contribution is 2.35. The third-order valence-corrected chi connectivity index (χ3v) is 7.31. The topological polar surface area (TPSA) is 74.8 Å². The molecule has 4 rings (SSSR count). The van der Waals surface area contributed by atoms with Crippen LogP contribution in [0.1, 0.15) is 12.1 Å². The molecule has 1 aliphatic heterocycles. The van der Waals surface area contributed by atoms with Gasteiger partial charge < -0.3 is 4.98 Å². The molecule has 10 heteroatoms. The Kier molecular flexibility index (Phi) is 4.88. The van der Waals surface area contributed by atoms with Crippen LogP contribution in [0, 0.1) is 0 Å². The number of hydrogen-bond acceptors (Lipinski definition) is 5. The largest absolute Gasteiger partial charge is 0.431 e. The minimum Gasteiger partial charge on any atom is -0.336 e. The van der Waals surface area contributed by atoms with Crippen LogP contribution < -0.4 is 4.72 Å². The van der Waals surface area contributed by atoms with Crippen LogP contribution in [0.2, 0.25) is 0 Å². The summed E-state index contributed by atoms with van der Waals surface area (Å²) in [4.78, 5) is 7.19. The van der Waals surface area contributed by atoms with Gasteiger partial charge in [0, 0.05) is 22.5 Å². The lowest BCUT2D eigenvalue weighted by molar-refractivity contribution is -0.140. The van der Waals surface area contributed by atoms with Crippen LogP contribution in [0.3, 0.4) is 0 Å². The first-order valence-corrected chi connectivity index (χ1v) is 11.1. The van der Waals surface area contributed by atoms with E-state index >= 15 is 0 Å². The summed E-state index contributed by atoms with van der Waals surface area (Å²) in [6.07, 6.45) is -2.39. The minimum atomic E-state index is -4.46. The Hall–Kier alpha value is -2.04. The first-order valence-electron chi connectivity index (χ1n) is 8.49. The SMILES string of the molecule is O=S1(=O)CCC(NSc2ccc(-c3ccnc4[nH]c(C(F)(F)F)cc34)cc2)C1. The maximum atomic E-state index is 13.0. The van der Waals surface area contributed by atoms with E-state index in [4.69, 9.17) is 0 Å². The number of benzene rings is 1. The first-order chi connectivity index (χ1) is 13.2. The van der Waals surface area contributed by atoms with Crippen molar-refractivity contribution in [3.63, 3.8) is 0 Å². The van der Waals surface area contributed by atoms with E-state index in [-0.39, 0.29) is 23.2 Å². The molecule has 3 aromatic rings. The number of hydrogen-bond donors (Lipinski definition) is 2. The van der Waals surface area contributed by atoms with Crippen molar-refractivity contribution in [3.8, 4) is 11.1 Å². The van der Waals surface area contributed by atoms with E-state index in [2.05, 4.69) is 14.7 Å². The molecule has 0 aliphatic carbocycles. The second-order valence-electron chi connectivity index (χ2n) is 6.65. The second-order valence-corrected chi connectivity index (χ2v) is 9.79. The van der Waals surface area contributed by atoms with E-state index in [1.165, 1.54) is 18.1 Å². The molecule has 2 aromatic heterocycles. The quantitative estimate of drug-likeness (QED) is 0.615. The number of nitrogens with one attached hydrogen (secondary N) is 2. The van der Waals surface area contributed by atoms with Gasteiger partial charge in [-0.25, -0.2) is 13.4 Å². The Balaban J connectivity index is 1.53. The fraction of sp³-hybridized carbons (Fsp3) is 0.278. The number of halogens is 3. The van der Waals surface area contributed by atoms with Crippen LogP contribution in [0.25, 0.3) is 22.2 Å². The summed E-state index contributed by atoms with van der Waals surface area (Å²) in [5.74, 6) is 0.348. The zero-order valence-electron chi connectivity index (χ0n) is 14.5. The fourth-order valence-electron chi connectivity index (χ4n) is 3.17. The Morgan fingerprint density at radius 3 is 2.57 bits per heavy atom. The molecule has 148 valence electrons. The molecule has 0 radical (unpaired) electrons. The smallest absolute Gasteiger partial charge is 0.336 e. The lowest BCUT2D eigenvalue weighted by atomic mass is 10.0. The van der Waals surface area contributed by atoms with Crippen LogP contribution >= 0.6 is 11.9 Å². The van der Waals surface area contributed by atoms with Gasteiger partial charge in [-0.05, 0) is 53.8 Å². The van der Waals surface area contributed by atoms with Crippen molar-refractivity contribution in [2.45, 2.75) is 23.5 Å². The van der Waals surface area contributed by atoms with Gasteiger partial charge in [-0.15, -0.1) is 0 Å². The number of fused-ring (bicyclic) bond motifs is 1. The molecule has 0 bridgehead atoms. The zero-order valence-corrected chi connectivity index (χ0v) is 16.1. The zero-order chi connectivity index (χ0) is 19.9. The summed E-state index contributed by atoms with van der Waals surface area (Å²) in [5.41, 5.74) is 0.786. The van der Waals surface area contributed by atoms with Gasteiger partial charge in [0.2, 0.25) is 0 Å². The maximum Gasteiger partial charge on any atom is 0.431 e. The number of alkyl halides is 3. The average molecular weight is 427 g/mol. The van der Waals surface area contributed by atoms with Gasteiger partial charge >= 0.3 is 6.18 Å². The number of nitrogens with zero attached hydrogens (tertiary/aromatic N) is 1. The molecular weight excluding hydrogens is 411 g/mol. The Morgan fingerprint density at radius 2 is 1.93 bits per heavy atom. The third kappa shape index (κ3) is 4.03. The molecule has 1 atom stereocenters. The van der Waals surface area contributed by atoms with Crippen molar-refractivity contribution in [1.82, 2.24) is 14.7 Å². The average Bonchev–Trinajstić information content (AvgIpc) is 3.23. The number of H-pyrrole nitrogens is 1. The predicted molar refractivity (Wildman–Crippen MR) is 103 cm³/mol. The van der Waals surface area contributed by atoms with Gasteiger partial charge in [0.1, 0.15) is 11.3 Å². The number of aromatic amines is 1. The van der Waals surface area contributed by atoms with Crippen LogP contribution in [-0.4, -0.2) is 35.9 Å². The van der Waals surface area contributed by atoms with E-state index in [0.717, 1.165) is 16.5 Å². The molecule has 3 heterocycles. The van der Waals surface area contributed by atoms with E-state index in [1.807, 2.05) is 24.3 Å². The normalized spacial score (nSPS) is 19.3. The maximum absolute atomic E-state index is 13.0. The molecule has 1 aliphatic rings. The highest BCUT2D eigenvalue weighted by atomic mass is 32.2. The number of pyridine rings is 1. The van der Waals surface area contributed by atoms with Crippen molar-refractivity contribution >= 4 is 32.8 Å². The monoisotopic (exact) mass is 427 g/mol. The molecule has 1 fully saturated rings. The molecule has 2 N–H and O–H groups in total. The second kappa shape index (κ2) is 7.09. The Morgan fingerprint density at radius 1 is 1.18 bits per heavy atom. The predicted octanol–water partition coefficient (Wildman–Crippen LogP) is 4.03. The molecule has 0 saturated carbocycles. The third-order valence-electron chi connectivity index (χ3n) is 4.58. The van der Waals surface area contributed by atoms with Crippen molar-refractivity contribution in [1.29, 1.82) is 0 Å². The first kappa shape index (κ1) is 19.3. The van der Waals surface area contributed by atoms with Gasteiger partial charge in [-0.3, -0.25) is 4.72 Å². The van der Waals surface area contributed by atoms with Gasteiger partial charge in [0.25, 0.3) is 0 Å². The molecular formula is C18H16F3N3O2S2. The molecule has 1 aromatic carbocycles. The van der Waals surface area contributed by atoms with Gasteiger partial charge in [-0.1, -0.05) is 12.1 Å². The van der Waals surface area contributed by atoms with Crippen molar-refractivity contribution in [2.75, 3.05) is 11.5 Å². The molecule has 5 nitrogen and oxygen atoms in total. The summed E-state index contributed by atoms with van der Waals surface area (Å²) < 4.78 is 65.1. The lowest BCUT2D eigenvalue weighted by Crippen LogP contribution is -2.23. The van der Waals surface area contributed by atoms with Gasteiger partial charge in [0.05, 0.1) is 11.5 Å². The molecule has 28 heavy (non-hydrogen) atoms. The highest BCUT2D eigenvalue weighted by Gasteiger charge is 2.33. The minimum absolute atomic E-state index is 0.0739. The number of sulfone groups is 1. The molecule has 0 spiro atoms. The number of rotatable bonds is 4. The van der Waals surface area contributed by atoms with E-state index in [1.54, 1.807) is 6.07 Å². The molecule has 0 amide bonds. The van der Waals surface area contributed by atoms with Crippen molar-refractivity contribution in [3.05, 3.63) is 48.3 Å². The van der Waals surface area contributed by atoms with Gasteiger partial charge in [-0.2, -0.15) is 13.2 Å². The highest BCUT2D eigenvalue weighted by molar-refractivity contribution is 7.97. The van der Waals surface area contributed by atoms with Gasteiger partial charge in [0.15, 0.2) is 9.84 Å².